The molecule has 2 atom stereocenters. The van der Waals surface area contributed by atoms with Crippen LogP contribution in [0.25, 0.3) is 0 Å². The van der Waals surface area contributed by atoms with Crippen molar-refractivity contribution < 1.29 is 33.4 Å². The molecule has 0 fully saturated rings. The van der Waals surface area contributed by atoms with Gasteiger partial charge in [-0.3, -0.25) is 4.55 Å². The summed E-state index contributed by atoms with van der Waals surface area (Å²) >= 11 is 0. The monoisotopic (exact) mass is 301 g/mol. The zero-order valence-corrected chi connectivity index (χ0v) is 11.8. The number of hydrogen-bond acceptors (Lipinski definition) is 7. The van der Waals surface area contributed by atoms with Crippen molar-refractivity contribution in [3.8, 4) is 0 Å². The first-order valence-corrected chi connectivity index (χ1v) is 7.37. The van der Waals surface area contributed by atoms with Gasteiger partial charge in [0.05, 0.1) is 18.8 Å². The van der Waals surface area contributed by atoms with E-state index in [1.807, 2.05) is 13.8 Å². The molecule has 19 heavy (non-hydrogen) atoms. The molecule has 0 radical (unpaired) electrons. The third-order valence-corrected chi connectivity index (χ3v) is 3.65. The molecule has 2 unspecified atom stereocenters. The third kappa shape index (κ3) is 6.13. The fourth-order valence-electron chi connectivity index (χ4n) is 1.76. The van der Waals surface area contributed by atoms with Crippen LogP contribution in [0.15, 0.2) is 0 Å². The molecule has 0 aliphatic carbocycles. The van der Waals surface area contributed by atoms with Gasteiger partial charge in [-0.05, 0) is 12.3 Å². The Kier molecular flexibility index (Phi) is 7.37. The van der Waals surface area contributed by atoms with E-state index < -0.39 is 47.0 Å². The number of aliphatic hydroxyl groups excluding tert-OH is 4. The highest BCUT2D eigenvalue weighted by Crippen LogP contribution is 2.16. The maximum atomic E-state index is 10.6. The Morgan fingerprint density at radius 3 is 1.95 bits per heavy atom. The largest absolute Gasteiger partial charge is 0.394 e. The first-order chi connectivity index (χ1) is 8.58. The Balaban J connectivity index is 4.64. The molecule has 116 valence electrons. The molecule has 0 spiro atoms. The highest BCUT2D eigenvalue weighted by Gasteiger charge is 2.33. The molecular weight excluding hydrogens is 278 g/mol. The van der Waals surface area contributed by atoms with Crippen molar-refractivity contribution in [1.29, 1.82) is 0 Å². The molecular formula is C10H23NO7S. The lowest BCUT2D eigenvalue weighted by Gasteiger charge is -2.34. The molecule has 8 nitrogen and oxygen atoms in total. The number of β-amino-alcohol motifs (C(OH)–C–C–N with tert-alkyl or cyclic N) is 1. The number of aliphatic hydroxyl groups is 4. The smallest absolute Gasteiger partial charge is 0.294 e. The van der Waals surface area contributed by atoms with Crippen molar-refractivity contribution in [2.75, 3.05) is 19.8 Å². The Hall–Kier alpha value is -0.290. The minimum Gasteiger partial charge on any atom is -0.394 e. The van der Waals surface area contributed by atoms with E-state index in [0.717, 1.165) is 0 Å². The van der Waals surface area contributed by atoms with Crippen LogP contribution in [-0.2, 0) is 10.1 Å². The molecule has 6 N–H and O–H groups in total. The molecule has 0 saturated heterocycles. The van der Waals surface area contributed by atoms with Crippen molar-refractivity contribution in [3.63, 3.8) is 0 Å². The van der Waals surface area contributed by atoms with Gasteiger partial charge in [0.1, 0.15) is 6.10 Å². The second kappa shape index (κ2) is 7.48. The van der Waals surface area contributed by atoms with Gasteiger partial charge in [-0.15, -0.1) is 0 Å². The van der Waals surface area contributed by atoms with Crippen LogP contribution in [0.4, 0.5) is 0 Å². The van der Waals surface area contributed by atoms with E-state index in [0.29, 0.717) is 6.42 Å². The van der Waals surface area contributed by atoms with E-state index >= 15 is 0 Å². The minimum absolute atomic E-state index is 0.135. The summed E-state index contributed by atoms with van der Waals surface area (Å²) in [6, 6.07) is 0. The number of nitrogens with one attached hydrogen (secondary N) is 1. The summed E-state index contributed by atoms with van der Waals surface area (Å²) < 4.78 is 29.8. The molecule has 0 rings (SSSR count). The van der Waals surface area contributed by atoms with E-state index in [-0.39, 0.29) is 5.92 Å². The van der Waals surface area contributed by atoms with Crippen LogP contribution in [0.5, 0.6) is 0 Å². The van der Waals surface area contributed by atoms with Crippen LogP contribution in [0.1, 0.15) is 20.3 Å². The van der Waals surface area contributed by atoms with Crippen LogP contribution >= 0.6 is 0 Å². The summed E-state index contributed by atoms with van der Waals surface area (Å²) in [5.74, 6) is 0.135. The SMILES string of the molecule is CC(C)CC(CO)(CO)NCC(O)C(O)S(=O)(=O)O. The van der Waals surface area contributed by atoms with Gasteiger partial charge in [-0.2, -0.15) is 8.42 Å². The molecule has 0 saturated carbocycles. The summed E-state index contributed by atoms with van der Waals surface area (Å²) in [5, 5.41) is 39.8. The third-order valence-electron chi connectivity index (χ3n) is 2.72. The zero-order valence-electron chi connectivity index (χ0n) is 11.0. The lowest BCUT2D eigenvalue weighted by Crippen LogP contribution is -2.56. The predicted octanol–water partition coefficient (Wildman–Crippen LogP) is -2.09. The second-order valence-corrected chi connectivity index (χ2v) is 6.56. The van der Waals surface area contributed by atoms with Crippen LogP contribution < -0.4 is 5.32 Å². The fourth-order valence-corrected chi connectivity index (χ4v) is 2.26. The molecule has 0 aromatic rings. The van der Waals surface area contributed by atoms with Crippen molar-refractivity contribution in [3.05, 3.63) is 0 Å². The van der Waals surface area contributed by atoms with Gasteiger partial charge in [-0.25, -0.2) is 0 Å². The van der Waals surface area contributed by atoms with E-state index in [4.69, 9.17) is 9.66 Å². The predicted molar refractivity (Wildman–Crippen MR) is 67.9 cm³/mol. The lowest BCUT2D eigenvalue weighted by molar-refractivity contribution is 0.0308. The first-order valence-electron chi connectivity index (χ1n) is 5.87. The quantitative estimate of drug-likeness (QED) is 0.266. The van der Waals surface area contributed by atoms with Crippen LogP contribution in [-0.4, -0.2) is 70.2 Å². The second-order valence-electron chi connectivity index (χ2n) is 5.05. The van der Waals surface area contributed by atoms with Crippen LogP contribution in [0.3, 0.4) is 0 Å². The molecule has 0 amide bonds. The van der Waals surface area contributed by atoms with Crippen molar-refractivity contribution in [2.24, 2.45) is 5.92 Å². The van der Waals surface area contributed by atoms with Gasteiger partial charge in [0, 0.05) is 6.54 Å². The number of hydrogen-bond donors (Lipinski definition) is 6. The molecule has 0 aromatic carbocycles. The highest BCUT2D eigenvalue weighted by atomic mass is 32.2. The average molecular weight is 301 g/mol. The minimum atomic E-state index is -4.77. The standard InChI is InChI=1S/C10H23NO7S/c1-7(2)3-10(5-12,6-13)11-4-8(14)9(15)19(16,17)18/h7-9,11-15H,3-6H2,1-2H3,(H,16,17,18). The summed E-state index contributed by atoms with van der Waals surface area (Å²) in [6.07, 6.45) is -1.39. The summed E-state index contributed by atoms with van der Waals surface area (Å²) in [6.45, 7) is 2.48. The van der Waals surface area contributed by atoms with Crippen LogP contribution in [0.2, 0.25) is 0 Å². The molecule has 0 bridgehead atoms. The van der Waals surface area contributed by atoms with Gasteiger partial charge in [0.25, 0.3) is 10.1 Å². The fraction of sp³-hybridized carbons (Fsp3) is 1.00. The molecule has 0 aromatic heterocycles. The topological polar surface area (TPSA) is 147 Å². The highest BCUT2D eigenvalue weighted by molar-refractivity contribution is 7.86. The Morgan fingerprint density at radius 2 is 1.63 bits per heavy atom. The summed E-state index contributed by atoms with van der Waals surface area (Å²) in [7, 11) is -4.77. The molecule has 0 aliphatic rings. The van der Waals surface area contributed by atoms with Crippen molar-refractivity contribution in [2.45, 2.75) is 37.3 Å². The van der Waals surface area contributed by atoms with E-state index in [1.54, 1.807) is 0 Å². The van der Waals surface area contributed by atoms with Gasteiger partial charge >= 0.3 is 0 Å². The Labute approximate surface area is 112 Å². The molecule has 0 aliphatic heterocycles. The van der Waals surface area contributed by atoms with Gasteiger partial charge in [0.15, 0.2) is 0 Å². The van der Waals surface area contributed by atoms with Gasteiger partial charge < -0.3 is 25.7 Å². The zero-order chi connectivity index (χ0) is 15.3. The van der Waals surface area contributed by atoms with Crippen LogP contribution in [0, 0.1) is 5.92 Å². The van der Waals surface area contributed by atoms with E-state index in [9.17, 15) is 23.7 Å². The lowest BCUT2D eigenvalue weighted by atomic mass is 9.90. The maximum absolute atomic E-state index is 10.6. The number of rotatable bonds is 9. The van der Waals surface area contributed by atoms with E-state index in [2.05, 4.69) is 5.32 Å². The van der Waals surface area contributed by atoms with Gasteiger partial charge in [0.2, 0.25) is 5.44 Å². The average Bonchev–Trinajstić information content (AvgIpc) is 2.31. The molecule has 0 heterocycles. The molecule has 9 heteroatoms. The first kappa shape index (κ1) is 18.7. The normalized spacial score (nSPS) is 16.6. The van der Waals surface area contributed by atoms with E-state index in [1.165, 1.54) is 0 Å². The maximum Gasteiger partial charge on any atom is 0.294 e. The van der Waals surface area contributed by atoms with Crippen molar-refractivity contribution >= 4 is 10.1 Å². The Bertz CT molecular complexity index is 353. The van der Waals surface area contributed by atoms with Gasteiger partial charge in [-0.1, -0.05) is 13.8 Å². The summed E-state index contributed by atoms with van der Waals surface area (Å²) in [4.78, 5) is 0. The Morgan fingerprint density at radius 1 is 1.16 bits per heavy atom. The van der Waals surface area contributed by atoms with Crippen molar-refractivity contribution in [1.82, 2.24) is 5.32 Å². The summed E-state index contributed by atoms with van der Waals surface area (Å²) in [5.41, 5.74) is -3.43.